The maximum absolute atomic E-state index is 5.30. The van der Waals surface area contributed by atoms with Crippen LogP contribution in [0.15, 0.2) is 0 Å². The molecule has 94 valence electrons. The molecule has 17 heavy (non-hydrogen) atoms. The maximum atomic E-state index is 5.30. The topological polar surface area (TPSA) is 33.6 Å². The Morgan fingerprint density at radius 2 is 1.94 bits per heavy atom. The average Bonchev–Trinajstić information content (AvgIpc) is 3.12. The molecule has 0 bridgehead atoms. The number of rotatable bonds is 4. The molecule has 2 aliphatic carbocycles. The first-order chi connectivity index (χ1) is 8.34. The average molecular weight is 251 g/mol. The third-order valence-electron chi connectivity index (χ3n) is 4.19. The van der Waals surface area contributed by atoms with Gasteiger partial charge in [-0.05, 0) is 37.4 Å². The van der Waals surface area contributed by atoms with Crippen LogP contribution in [0.2, 0.25) is 0 Å². The third-order valence-corrected chi connectivity index (χ3v) is 4.48. The molecule has 2 saturated carbocycles. The van der Waals surface area contributed by atoms with E-state index in [1.807, 2.05) is 0 Å². The Balaban J connectivity index is 1.62. The standard InChI is InChI=1S/C13H21N3S/c17-13-15-14-12(16(13)11-7-8-11)9-6-10-4-2-1-3-5-10/h10-11H,1-9H2,(H,15,17). The highest BCUT2D eigenvalue weighted by Crippen LogP contribution is 2.36. The minimum atomic E-state index is 0.655. The van der Waals surface area contributed by atoms with E-state index in [1.54, 1.807) is 0 Å². The SMILES string of the molecule is S=c1[nH]nc(CCC2CCCCC2)n1C1CC1. The Kier molecular flexibility index (Phi) is 3.32. The van der Waals surface area contributed by atoms with E-state index in [9.17, 15) is 0 Å². The first kappa shape index (κ1) is 11.5. The largest absolute Gasteiger partial charge is 0.301 e. The van der Waals surface area contributed by atoms with E-state index in [2.05, 4.69) is 14.8 Å². The summed E-state index contributed by atoms with van der Waals surface area (Å²) in [7, 11) is 0. The highest BCUT2D eigenvalue weighted by atomic mass is 32.1. The number of hydrogen-bond donors (Lipinski definition) is 1. The summed E-state index contributed by atoms with van der Waals surface area (Å²) in [5, 5.41) is 7.37. The Labute approximate surface area is 108 Å². The number of nitrogens with zero attached hydrogens (tertiary/aromatic N) is 2. The predicted molar refractivity (Wildman–Crippen MR) is 70.6 cm³/mol. The zero-order chi connectivity index (χ0) is 11.7. The second-order valence-corrected chi connectivity index (χ2v) is 5.98. The van der Waals surface area contributed by atoms with E-state index >= 15 is 0 Å². The van der Waals surface area contributed by atoms with Crippen molar-refractivity contribution in [3.05, 3.63) is 10.6 Å². The van der Waals surface area contributed by atoms with Gasteiger partial charge in [0.2, 0.25) is 0 Å². The third kappa shape index (κ3) is 2.62. The van der Waals surface area contributed by atoms with Crippen LogP contribution in [-0.4, -0.2) is 14.8 Å². The summed E-state index contributed by atoms with van der Waals surface area (Å²) in [5.41, 5.74) is 0. The number of aryl methyl sites for hydroxylation is 1. The van der Waals surface area contributed by atoms with Crippen LogP contribution in [-0.2, 0) is 6.42 Å². The summed E-state index contributed by atoms with van der Waals surface area (Å²) in [4.78, 5) is 0. The van der Waals surface area contributed by atoms with Crippen LogP contribution in [0.25, 0.3) is 0 Å². The predicted octanol–water partition coefficient (Wildman–Crippen LogP) is 3.79. The molecule has 0 radical (unpaired) electrons. The van der Waals surface area contributed by atoms with Gasteiger partial charge >= 0.3 is 0 Å². The van der Waals surface area contributed by atoms with Crippen LogP contribution < -0.4 is 0 Å². The first-order valence-electron chi connectivity index (χ1n) is 7.00. The highest BCUT2D eigenvalue weighted by Gasteiger charge is 2.27. The lowest BCUT2D eigenvalue weighted by atomic mass is 9.86. The van der Waals surface area contributed by atoms with Crippen LogP contribution in [0.1, 0.15) is 63.2 Å². The molecule has 3 nitrogen and oxygen atoms in total. The van der Waals surface area contributed by atoms with Crippen molar-refractivity contribution < 1.29 is 0 Å². The molecule has 0 atom stereocenters. The van der Waals surface area contributed by atoms with Gasteiger partial charge in [0, 0.05) is 12.5 Å². The van der Waals surface area contributed by atoms with Crippen molar-refractivity contribution in [2.75, 3.05) is 0 Å². The van der Waals surface area contributed by atoms with Gasteiger partial charge in [0.1, 0.15) is 5.82 Å². The fourth-order valence-electron chi connectivity index (χ4n) is 3.03. The molecule has 0 spiro atoms. The molecule has 1 heterocycles. The van der Waals surface area contributed by atoms with E-state index in [-0.39, 0.29) is 0 Å². The molecule has 0 amide bonds. The van der Waals surface area contributed by atoms with Gasteiger partial charge in [-0.3, -0.25) is 5.10 Å². The van der Waals surface area contributed by atoms with Crippen LogP contribution in [0.5, 0.6) is 0 Å². The molecular formula is C13H21N3S. The molecule has 1 aromatic heterocycles. The summed E-state index contributed by atoms with van der Waals surface area (Å²) in [6.07, 6.45) is 12.1. The van der Waals surface area contributed by atoms with Crippen molar-refractivity contribution in [1.82, 2.24) is 14.8 Å². The zero-order valence-electron chi connectivity index (χ0n) is 10.3. The minimum absolute atomic E-state index is 0.655. The van der Waals surface area contributed by atoms with Crippen LogP contribution in [0, 0.1) is 10.7 Å². The molecule has 3 rings (SSSR count). The van der Waals surface area contributed by atoms with Gasteiger partial charge in [-0.25, -0.2) is 0 Å². The van der Waals surface area contributed by atoms with Crippen molar-refractivity contribution in [2.24, 2.45) is 5.92 Å². The normalized spacial score (nSPS) is 21.9. The Morgan fingerprint density at radius 3 is 2.65 bits per heavy atom. The van der Waals surface area contributed by atoms with Crippen LogP contribution >= 0.6 is 12.2 Å². The summed E-state index contributed by atoms with van der Waals surface area (Å²) in [6.45, 7) is 0. The summed E-state index contributed by atoms with van der Waals surface area (Å²) >= 11 is 5.30. The Hall–Kier alpha value is -0.640. The second-order valence-electron chi connectivity index (χ2n) is 5.59. The summed E-state index contributed by atoms with van der Waals surface area (Å²) in [5.74, 6) is 2.13. The molecule has 1 N–H and O–H groups in total. The highest BCUT2D eigenvalue weighted by molar-refractivity contribution is 7.71. The molecule has 0 aliphatic heterocycles. The fourth-order valence-corrected chi connectivity index (χ4v) is 3.33. The van der Waals surface area contributed by atoms with Gasteiger partial charge in [0.05, 0.1) is 0 Å². The monoisotopic (exact) mass is 251 g/mol. The van der Waals surface area contributed by atoms with Gasteiger partial charge in [-0.1, -0.05) is 32.1 Å². The lowest BCUT2D eigenvalue weighted by molar-refractivity contribution is 0.336. The molecule has 2 aliphatic rings. The second kappa shape index (κ2) is 4.92. The van der Waals surface area contributed by atoms with Gasteiger partial charge < -0.3 is 4.57 Å². The van der Waals surface area contributed by atoms with Gasteiger partial charge in [-0.15, -0.1) is 0 Å². The molecule has 1 aromatic rings. The van der Waals surface area contributed by atoms with Crippen molar-refractivity contribution >= 4 is 12.2 Å². The van der Waals surface area contributed by atoms with Crippen molar-refractivity contribution in [2.45, 2.75) is 63.8 Å². The van der Waals surface area contributed by atoms with Gasteiger partial charge in [-0.2, -0.15) is 5.10 Å². The number of nitrogens with one attached hydrogen (secondary N) is 1. The maximum Gasteiger partial charge on any atom is 0.195 e. The number of aromatic amines is 1. The molecular weight excluding hydrogens is 230 g/mol. The minimum Gasteiger partial charge on any atom is -0.301 e. The van der Waals surface area contributed by atoms with Crippen molar-refractivity contribution in [3.63, 3.8) is 0 Å². The van der Waals surface area contributed by atoms with Gasteiger partial charge in [0.25, 0.3) is 0 Å². The lowest BCUT2D eigenvalue weighted by Gasteiger charge is -2.21. The van der Waals surface area contributed by atoms with Crippen molar-refractivity contribution in [1.29, 1.82) is 0 Å². The molecule has 4 heteroatoms. The number of hydrogen-bond acceptors (Lipinski definition) is 2. The number of aromatic nitrogens is 3. The van der Waals surface area contributed by atoms with Crippen LogP contribution in [0.4, 0.5) is 0 Å². The van der Waals surface area contributed by atoms with E-state index in [1.165, 1.54) is 57.2 Å². The molecule has 0 unspecified atom stereocenters. The summed E-state index contributed by atoms with van der Waals surface area (Å²) in [6, 6.07) is 0.655. The van der Waals surface area contributed by atoms with Crippen LogP contribution in [0.3, 0.4) is 0 Å². The fraction of sp³-hybridized carbons (Fsp3) is 0.846. The molecule has 0 aromatic carbocycles. The quantitative estimate of drug-likeness (QED) is 0.826. The molecule has 0 saturated heterocycles. The number of H-pyrrole nitrogens is 1. The Morgan fingerprint density at radius 1 is 1.18 bits per heavy atom. The van der Waals surface area contributed by atoms with E-state index in [4.69, 9.17) is 12.2 Å². The molecule has 2 fully saturated rings. The van der Waals surface area contributed by atoms with E-state index < -0.39 is 0 Å². The first-order valence-corrected chi connectivity index (χ1v) is 7.41. The van der Waals surface area contributed by atoms with E-state index in [0.29, 0.717) is 6.04 Å². The van der Waals surface area contributed by atoms with Crippen molar-refractivity contribution in [3.8, 4) is 0 Å². The van der Waals surface area contributed by atoms with Gasteiger partial charge in [0.15, 0.2) is 4.77 Å². The zero-order valence-corrected chi connectivity index (χ0v) is 11.1. The Bertz CT molecular complexity index is 424. The van der Waals surface area contributed by atoms with E-state index in [0.717, 1.165) is 17.1 Å². The smallest absolute Gasteiger partial charge is 0.195 e. The lowest BCUT2D eigenvalue weighted by Crippen LogP contribution is -2.10. The summed E-state index contributed by atoms with van der Waals surface area (Å²) < 4.78 is 3.09.